The fraction of sp³-hybridized carbons (Fsp3) is 0.400. The molecule has 0 atom stereocenters. The van der Waals surface area contributed by atoms with E-state index in [9.17, 15) is 0 Å². The Morgan fingerprint density at radius 1 is 1.32 bits per heavy atom. The molecule has 1 aliphatic rings. The van der Waals surface area contributed by atoms with Crippen LogP contribution >= 0.6 is 15.9 Å². The highest BCUT2D eigenvalue weighted by Crippen LogP contribution is 2.36. The molecule has 0 N–H and O–H groups in total. The van der Waals surface area contributed by atoms with Crippen LogP contribution in [0.25, 0.3) is 0 Å². The van der Waals surface area contributed by atoms with Crippen molar-refractivity contribution in [2.45, 2.75) is 39.3 Å². The lowest BCUT2D eigenvalue weighted by molar-refractivity contribution is 0.294. The van der Waals surface area contributed by atoms with Crippen LogP contribution in [0.5, 0.6) is 5.75 Å². The summed E-state index contributed by atoms with van der Waals surface area (Å²) in [5, 5.41) is 0. The highest BCUT2D eigenvalue weighted by atomic mass is 79.9. The normalized spacial score (nSPS) is 14.7. The molecule has 1 aromatic carbocycles. The molecule has 100 valence electrons. The van der Waals surface area contributed by atoms with Gasteiger partial charge in [-0.15, -0.1) is 0 Å². The smallest absolute Gasteiger partial charge is 0.130 e. The van der Waals surface area contributed by atoms with E-state index >= 15 is 0 Å². The summed E-state index contributed by atoms with van der Waals surface area (Å²) < 4.78 is 9.29. The number of hydrogen-bond donors (Lipinski definition) is 0. The van der Waals surface area contributed by atoms with Gasteiger partial charge in [-0.2, -0.15) is 0 Å². The summed E-state index contributed by atoms with van der Waals surface area (Å²) >= 11 is 3.57. The number of halogens is 1. The number of benzene rings is 1. The van der Waals surface area contributed by atoms with Gasteiger partial charge in [-0.05, 0) is 49.9 Å². The van der Waals surface area contributed by atoms with Gasteiger partial charge in [0.1, 0.15) is 12.4 Å². The van der Waals surface area contributed by atoms with E-state index < -0.39 is 0 Å². The van der Waals surface area contributed by atoms with Gasteiger partial charge >= 0.3 is 0 Å². The molecule has 0 unspecified atom stereocenters. The van der Waals surface area contributed by atoms with Crippen molar-refractivity contribution < 1.29 is 4.74 Å². The van der Waals surface area contributed by atoms with Gasteiger partial charge in [0, 0.05) is 10.5 Å². The number of nitrogens with zero attached hydrogens (tertiary/aromatic N) is 2. The maximum atomic E-state index is 5.90. The molecule has 3 rings (SSSR count). The van der Waals surface area contributed by atoms with Crippen LogP contribution in [0.2, 0.25) is 0 Å². The van der Waals surface area contributed by atoms with Crippen LogP contribution in [0.3, 0.4) is 0 Å². The Bertz CT molecular complexity index is 579. The van der Waals surface area contributed by atoms with Crippen molar-refractivity contribution in [3.05, 3.63) is 46.0 Å². The highest BCUT2D eigenvalue weighted by molar-refractivity contribution is 9.10. The molecule has 1 heterocycles. The third-order valence-electron chi connectivity index (χ3n) is 3.48. The summed E-state index contributed by atoms with van der Waals surface area (Å²) in [5.74, 6) is 0.918. The molecule has 3 nitrogen and oxygen atoms in total. The van der Waals surface area contributed by atoms with Gasteiger partial charge in [0.25, 0.3) is 0 Å². The van der Waals surface area contributed by atoms with Gasteiger partial charge in [-0.3, -0.25) is 0 Å². The molecule has 1 fully saturated rings. The quantitative estimate of drug-likeness (QED) is 0.845. The van der Waals surface area contributed by atoms with E-state index in [-0.39, 0.29) is 0 Å². The lowest BCUT2D eigenvalue weighted by Crippen LogP contribution is -2.04. The van der Waals surface area contributed by atoms with Gasteiger partial charge in [0.05, 0.1) is 18.2 Å². The summed E-state index contributed by atoms with van der Waals surface area (Å²) in [6, 6.07) is 4.78. The monoisotopic (exact) mass is 320 g/mol. The number of hydrogen-bond acceptors (Lipinski definition) is 2. The molecule has 4 heteroatoms. The van der Waals surface area contributed by atoms with Crippen molar-refractivity contribution in [3.63, 3.8) is 0 Å². The molecule has 0 radical (unpaired) electrons. The fourth-order valence-electron chi connectivity index (χ4n) is 2.27. The molecule has 19 heavy (non-hydrogen) atoms. The fourth-order valence-corrected chi connectivity index (χ4v) is 2.50. The number of aryl methyl sites for hydroxylation is 2. The second-order valence-corrected chi connectivity index (χ2v) is 5.98. The summed E-state index contributed by atoms with van der Waals surface area (Å²) in [7, 11) is 0. The standard InChI is InChI=1S/C15H17BrN2O/c1-10-5-14(6-11(2)15(10)16)19-8-13-7-17-9-18(13)12-3-4-12/h5-7,9,12H,3-4,8H2,1-2H3. The highest BCUT2D eigenvalue weighted by Gasteiger charge is 2.25. The first-order valence-electron chi connectivity index (χ1n) is 6.55. The van der Waals surface area contributed by atoms with Gasteiger partial charge in [-0.25, -0.2) is 4.98 Å². The maximum absolute atomic E-state index is 5.90. The van der Waals surface area contributed by atoms with Gasteiger partial charge in [0.2, 0.25) is 0 Å². The predicted octanol–water partition coefficient (Wildman–Crippen LogP) is 4.18. The van der Waals surface area contributed by atoms with Crippen molar-refractivity contribution >= 4 is 15.9 Å². The van der Waals surface area contributed by atoms with Crippen LogP contribution in [-0.4, -0.2) is 9.55 Å². The second kappa shape index (κ2) is 5.00. The summed E-state index contributed by atoms with van der Waals surface area (Å²) in [6.07, 6.45) is 6.34. The lowest BCUT2D eigenvalue weighted by Gasteiger charge is -2.11. The van der Waals surface area contributed by atoms with Crippen molar-refractivity contribution in [3.8, 4) is 5.75 Å². The molecule has 0 spiro atoms. The SMILES string of the molecule is Cc1cc(OCc2cncn2C2CC2)cc(C)c1Br. The minimum Gasteiger partial charge on any atom is -0.487 e. The first kappa shape index (κ1) is 12.7. The van der Waals surface area contributed by atoms with Gasteiger partial charge in [0.15, 0.2) is 0 Å². The van der Waals surface area contributed by atoms with E-state index in [0.29, 0.717) is 12.6 Å². The summed E-state index contributed by atoms with van der Waals surface area (Å²) in [4.78, 5) is 4.22. The van der Waals surface area contributed by atoms with Crippen LogP contribution in [0.1, 0.15) is 35.7 Å². The minimum absolute atomic E-state index is 0.580. The Labute approximate surface area is 121 Å². The predicted molar refractivity (Wildman–Crippen MR) is 78.4 cm³/mol. The Morgan fingerprint density at radius 2 is 2.00 bits per heavy atom. The molecule has 0 saturated heterocycles. The third-order valence-corrected chi connectivity index (χ3v) is 4.73. The zero-order chi connectivity index (χ0) is 13.4. The van der Waals surface area contributed by atoms with Crippen molar-refractivity contribution in [2.24, 2.45) is 0 Å². The number of imidazole rings is 1. The Kier molecular flexibility index (Phi) is 3.35. The van der Waals surface area contributed by atoms with Gasteiger partial charge in [-0.1, -0.05) is 15.9 Å². The summed E-state index contributed by atoms with van der Waals surface area (Å²) in [6.45, 7) is 4.74. The first-order chi connectivity index (χ1) is 9.15. The van der Waals surface area contributed by atoms with Crippen LogP contribution in [0.4, 0.5) is 0 Å². The molecular weight excluding hydrogens is 304 g/mol. The number of rotatable bonds is 4. The Balaban J connectivity index is 1.73. The molecule has 0 bridgehead atoms. The Morgan fingerprint density at radius 3 is 2.63 bits per heavy atom. The lowest BCUT2D eigenvalue weighted by atomic mass is 10.1. The van der Waals surface area contributed by atoms with E-state index in [1.807, 2.05) is 12.5 Å². The average Bonchev–Trinajstić information content (AvgIpc) is 3.12. The molecule has 1 aromatic heterocycles. The van der Waals surface area contributed by atoms with E-state index in [4.69, 9.17) is 4.74 Å². The van der Waals surface area contributed by atoms with Crippen LogP contribution in [-0.2, 0) is 6.61 Å². The minimum atomic E-state index is 0.580. The van der Waals surface area contributed by atoms with E-state index in [1.165, 1.54) is 24.0 Å². The topological polar surface area (TPSA) is 27.1 Å². The second-order valence-electron chi connectivity index (χ2n) is 5.18. The van der Waals surface area contributed by atoms with Gasteiger partial charge < -0.3 is 9.30 Å². The van der Waals surface area contributed by atoms with Crippen LogP contribution in [0, 0.1) is 13.8 Å². The zero-order valence-electron chi connectivity index (χ0n) is 11.2. The molecule has 1 saturated carbocycles. The third kappa shape index (κ3) is 2.68. The summed E-state index contributed by atoms with van der Waals surface area (Å²) in [5.41, 5.74) is 3.55. The Hall–Kier alpha value is -1.29. The van der Waals surface area contributed by atoms with E-state index in [2.05, 4.69) is 51.5 Å². The first-order valence-corrected chi connectivity index (χ1v) is 7.34. The van der Waals surface area contributed by atoms with Crippen molar-refractivity contribution in [1.82, 2.24) is 9.55 Å². The zero-order valence-corrected chi connectivity index (χ0v) is 12.8. The number of ether oxygens (including phenoxy) is 1. The van der Waals surface area contributed by atoms with E-state index in [1.54, 1.807) is 0 Å². The largest absolute Gasteiger partial charge is 0.487 e. The van der Waals surface area contributed by atoms with E-state index in [0.717, 1.165) is 15.9 Å². The number of aromatic nitrogens is 2. The average molecular weight is 321 g/mol. The van der Waals surface area contributed by atoms with Crippen LogP contribution in [0.15, 0.2) is 29.1 Å². The molecule has 0 aliphatic heterocycles. The molecular formula is C15H17BrN2O. The maximum Gasteiger partial charge on any atom is 0.130 e. The molecule has 2 aromatic rings. The molecule has 1 aliphatic carbocycles. The van der Waals surface area contributed by atoms with Crippen molar-refractivity contribution in [1.29, 1.82) is 0 Å². The molecule has 0 amide bonds. The van der Waals surface area contributed by atoms with Crippen molar-refractivity contribution in [2.75, 3.05) is 0 Å². The van der Waals surface area contributed by atoms with Crippen LogP contribution < -0.4 is 4.74 Å².